The smallest absolute Gasteiger partial charge is 0.166 e. The van der Waals surface area contributed by atoms with E-state index in [1.165, 1.54) is 10.4 Å². The highest BCUT2D eigenvalue weighted by atomic mass is 32.1. The lowest BCUT2D eigenvalue weighted by Gasteiger charge is -2.15. The fraction of sp³-hybridized carbons (Fsp3) is 0.545. The van der Waals surface area contributed by atoms with Crippen molar-refractivity contribution < 1.29 is 4.74 Å². The largest absolute Gasteiger partial charge is 0.383 e. The second-order valence-corrected chi connectivity index (χ2v) is 5.12. The molecule has 1 rings (SSSR count). The number of thiophene rings is 1. The van der Waals surface area contributed by atoms with Crippen molar-refractivity contribution in [3.8, 4) is 0 Å². The first kappa shape index (κ1) is 13.4. The molecule has 0 aromatic carbocycles. The van der Waals surface area contributed by atoms with E-state index < -0.39 is 0 Å². The van der Waals surface area contributed by atoms with Crippen molar-refractivity contribution in [1.82, 2.24) is 10.6 Å². The average molecular weight is 258 g/mol. The Kier molecular flexibility index (Phi) is 5.73. The third-order valence-electron chi connectivity index (χ3n) is 2.17. The summed E-state index contributed by atoms with van der Waals surface area (Å²) in [5.41, 5.74) is 1.31. The van der Waals surface area contributed by atoms with Crippen LogP contribution in [0.2, 0.25) is 0 Å². The summed E-state index contributed by atoms with van der Waals surface area (Å²) < 4.78 is 5.03. The van der Waals surface area contributed by atoms with Crippen molar-refractivity contribution in [3.63, 3.8) is 0 Å². The summed E-state index contributed by atoms with van der Waals surface area (Å²) in [6.45, 7) is 5.58. The van der Waals surface area contributed by atoms with Crippen LogP contribution in [-0.4, -0.2) is 24.9 Å². The van der Waals surface area contributed by atoms with E-state index in [1.807, 2.05) is 6.92 Å². The summed E-state index contributed by atoms with van der Waals surface area (Å²) in [6, 6.07) is 2.35. The molecule has 2 N–H and O–H groups in total. The Morgan fingerprint density at radius 2 is 2.38 bits per heavy atom. The van der Waals surface area contributed by atoms with Crippen LogP contribution in [0.25, 0.3) is 0 Å². The molecule has 0 aliphatic rings. The number of nitrogens with one attached hydrogen (secondary N) is 2. The molecular formula is C11H18N2OS2. The highest BCUT2D eigenvalue weighted by Gasteiger charge is 2.04. The third kappa shape index (κ3) is 4.47. The van der Waals surface area contributed by atoms with Crippen molar-refractivity contribution in [2.45, 2.75) is 26.4 Å². The van der Waals surface area contributed by atoms with E-state index in [9.17, 15) is 0 Å². The first-order chi connectivity index (χ1) is 7.63. The van der Waals surface area contributed by atoms with Crippen molar-refractivity contribution in [3.05, 3.63) is 21.9 Å². The molecule has 0 bridgehead atoms. The maximum Gasteiger partial charge on any atom is 0.166 e. The second kappa shape index (κ2) is 6.83. The number of methoxy groups -OCH3 is 1. The van der Waals surface area contributed by atoms with Crippen LogP contribution in [0.4, 0.5) is 0 Å². The van der Waals surface area contributed by atoms with Crippen LogP contribution in [-0.2, 0) is 11.3 Å². The lowest BCUT2D eigenvalue weighted by molar-refractivity contribution is 0.179. The Hall–Kier alpha value is -0.650. The van der Waals surface area contributed by atoms with Crippen molar-refractivity contribution >= 4 is 28.7 Å². The molecule has 1 atom stereocenters. The van der Waals surface area contributed by atoms with E-state index in [2.05, 4.69) is 29.0 Å². The van der Waals surface area contributed by atoms with Gasteiger partial charge in [-0.1, -0.05) is 0 Å². The lowest BCUT2D eigenvalue weighted by atomic mass is 10.3. The van der Waals surface area contributed by atoms with Gasteiger partial charge in [-0.25, -0.2) is 0 Å². The van der Waals surface area contributed by atoms with E-state index in [1.54, 1.807) is 18.4 Å². The van der Waals surface area contributed by atoms with Crippen LogP contribution in [0, 0.1) is 6.92 Å². The van der Waals surface area contributed by atoms with Crippen LogP contribution >= 0.6 is 23.6 Å². The minimum atomic E-state index is 0.231. The Bertz CT molecular complexity index is 338. The number of hydrogen-bond acceptors (Lipinski definition) is 3. The molecule has 0 saturated heterocycles. The van der Waals surface area contributed by atoms with E-state index in [0.29, 0.717) is 11.7 Å². The minimum Gasteiger partial charge on any atom is -0.383 e. The molecule has 3 nitrogen and oxygen atoms in total. The maximum absolute atomic E-state index is 5.19. The summed E-state index contributed by atoms with van der Waals surface area (Å²) in [5.74, 6) is 0. The van der Waals surface area contributed by atoms with E-state index in [4.69, 9.17) is 17.0 Å². The molecular weight excluding hydrogens is 240 g/mol. The van der Waals surface area contributed by atoms with Gasteiger partial charge in [-0.15, -0.1) is 11.3 Å². The van der Waals surface area contributed by atoms with E-state index in [0.717, 1.165) is 6.54 Å². The van der Waals surface area contributed by atoms with Gasteiger partial charge in [0.2, 0.25) is 0 Å². The number of aryl methyl sites for hydroxylation is 1. The maximum atomic E-state index is 5.19. The zero-order valence-electron chi connectivity index (χ0n) is 9.87. The predicted octanol–water partition coefficient (Wildman–Crippen LogP) is 2.06. The minimum absolute atomic E-state index is 0.231. The zero-order chi connectivity index (χ0) is 12.0. The summed E-state index contributed by atoms with van der Waals surface area (Å²) >= 11 is 6.93. The molecule has 1 aromatic rings. The van der Waals surface area contributed by atoms with Gasteiger partial charge in [0.05, 0.1) is 13.2 Å². The molecule has 5 heteroatoms. The molecule has 0 fully saturated rings. The van der Waals surface area contributed by atoms with Gasteiger partial charge in [-0.2, -0.15) is 0 Å². The summed E-state index contributed by atoms with van der Waals surface area (Å²) in [4.78, 5) is 1.32. The quantitative estimate of drug-likeness (QED) is 0.792. The topological polar surface area (TPSA) is 33.3 Å². The van der Waals surface area contributed by atoms with Gasteiger partial charge in [0.1, 0.15) is 0 Å². The van der Waals surface area contributed by atoms with Gasteiger partial charge in [-0.3, -0.25) is 0 Å². The molecule has 0 saturated carbocycles. The normalized spacial score (nSPS) is 12.2. The first-order valence-corrected chi connectivity index (χ1v) is 6.48. The number of hydrogen-bond donors (Lipinski definition) is 2. The molecule has 0 aliphatic heterocycles. The van der Waals surface area contributed by atoms with Gasteiger partial charge < -0.3 is 15.4 Å². The molecule has 0 spiro atoms. The average Bonchev–Trinajstić information content (AvgIpc) is 2.61. The highest BCUT2D eigenvalue weighted by molar-refractivity contribution is 7.80. The summed E-state index contributed by atoms with van der Waals surface area (Å²) in [7, 11) is 1.68. The predicted molar refractivity (Wildman–Crippen MR) is 73.0 cm³/mol. The molecule has 1 aromatic heterocycles. The number of thiocarbonyl (C=S) groups is 1. The summed E-state index contributed by atoms with van der Waals surface area (Å²) in [6.07, 6.45) is 0. The van der Waals surface area contributed by atoms with Crippen molar-refractivity contribution in [1.29, 1.82) is 0 Å². The number of rotatable bonds is 5. The van der Waals surface area contributed by atoms with Gasteiger partial charge >= 0.3 is 0 Å². The molecule has 16 heavy (non-hydrogen) atoms. The van der Waals surface area contributed by atoms with Crippen LogP contribution < -0.4 is 10.6 Å². The van der Waals surface area contributed by atoms with Gasteiger partial charge in [0, 0.05) is 18.0 Å². The monoisotopic (exact) mass is 258 g/mol. The molecule has 0 amide bonds. The van der Waals surface area contributed by atoms with Gasteiger partial charge in [-0.05, 0) is 43.1 Å². The fourth-order valence-corrected chi connectivity index (χ4v) is 2.43. The Morgan fingerprint density at radius 3 is 2.94 bits per heavy atom. The second-order valence-electron chi connectivity index (χ2n) is 3.71. The third-order valence-corrected chi connectivity index (χ3v) is 3.46. The summed E-state index contributed by atoms with van der Waals surface area (Å²) in [5, 5.41) is 9.12. The van der Waals surface area contributed by atoms with E-state index in [-0.39, 0.29) is 6.04 Å². The first-order valence-electron chi connectivity index (χ1n) is 5.19. The van der Waals surface area contributed by atoms with Crippen LogP contribution in [0.5, 0.6) is 0 Å². The van der Waals surface area contributed by atoms with Crippen LogP contribution in [0.1, 0.15) is 17.4 Å². The Balaban J connectivity index is 2.28. The Labute approximate surface area is 106 Å². The van der Waals surface area contributed by atoms with Crippen LogP contribution in [0.3, 0.4) is 0 Å². The highest BCUT2D eigenvalue weighted by Crippen LogP contribution is 2.14. The fourth-order valence-electron chi connectivity index (χ4n) is 1.31. The zero-order valence-corrected chi connectivity index (χ0v) is 11.5. The molecule has 1 unspecified atom stereocenters. The molecule has 1 heterocycles. The van der Waals surface area contributed by atoms with Crippen LogP contribution in [0.15, 0.2) is 11.4 Å². The number of ether oxygens (including phenoxy) is 1. The Morgan fingerprint density at radius 1 is 1.62 bits per heavy atom. The van der Waals surface area contributed by atoms with Gasteiger partial charge in [0.25, 0.3) is 0 Å². The lowest BCUT2D eigenvalue weighted by Crippen LogP contribution is -2.42. The molecule has 0 radical (unpaired) electrons. The standard InChI is InChI=1S/C11H18N2OS2/c1-8-4-5-16-10(8)6-12-11(15)13-9(2)7-14-3/h4-5,9H,6-7H2,1-3H3,(H2,12,13,15). The van der Waals surface area contributed by atoms with Gasteiger partial charge in [0.15, 0.2) is 5.11 Å². The molecule has 0 aliphatic carbocycles. The molecule has 90 valence electrons. The van der Waals surface area contributed by atoms with Crippen molar-refractivity contribution in [2.24, 2.45) is 0 Å². The van der Waals surface area contributed by atoms with Crippen molar-refractivity contribution in [2.75, 3.05) is 13.7 Å². The SMILES string of the molecule is COCC(C)NC(=S)NCc1sccc1C. The van der Waals surface area contributed by atoms with E-state index >= 15 is 0 Å².